The molecule has 0 radical (unpaired) electrons. The lowest BCUT2D eigenvalue weighted by Gasteiger charge is -2.31. The summed E-state index contributed by atoms with van der Waals surface area (Å²) in [6, 6.07) is 0.513. The molecule has 0 fully saturated rings. The highest BCUT2D eigenvalue weighted by atomic mass is 32.1. The summed E-state index contributed by atoms with van der Waals surface area (Å²) in [7, 11) is 0. The van der Waals surface area contributed by atoms with Crippen molar-refractivity contribution in [3.05, 3.63) is 0 Å². The normalized spacial score (nSPS) is 13.7. The molecule has 3 heteroatoms. The van der Waals surface area contributed by atoms with Crippen LogP contribution < -0.4 is 0 Å². The molecule has 0 bridgehead atoms. The van der Waals surface area contributed by atoms with Crippen LogP contribution in [0.2, 0.25) is 0 Å². The van der Waals surface area contributed by atoms with Crippen LogP contribution in [-0.2, 0) is 4.79 Å². The van der Waals surface area contributed by atoms with Crippen LogP contribution in [0.4, 0.5) is 0 Å². The summed E-state index contributed by atoms with van der Waals surface area (Å²) in [5.74, 6) is 0.114. The Bertz CT molecular complexity index is 147. The Balaban J connectivity index is 4.41. The second-order valence-corrected chi connectivity index (χ2v) is 4.38. The summed E-state index contributed by atoms with van der Waals surface area (Å²) >= 11 is 4.13. The highest BCUT2D eigenvalue weighted by Crippen LogP contribution is 2.09. The minimum absolute atomic E-state index is 0.114. The molecule has 0 aliphatic carbocycles. The first-order valence-electron chi connectivity index (χ1n) is 4.38. The number of hydrogen-bond donors (Lipinski definition) is 1. The molecule has 0 aromatic rings. The molecule has 12 heavy (non-hydrogen) atoms. The second-order valence-electron chi connectivity index (χ2n) is 3.61. The molecule has 0 aliphatic heterocycles. The third-order valence-electron chi connectivity index (χ3n) is 1.72. The fourth-order valence-corrected chi connectivity index (χ4v) is 1.45. The Hall–Kier alpha value is -0.180. The van der Waals surface area contributed by atoms with E-state index in [4.69, 9.17) is 0 Å². The minimum atomic E-state index is -0.199. The van der Waals surface area contributed by atoms with Crippen LogP contribution >= 0.6 is 12.6 Å². The first kappa shape index (κ1) is 11.8. The van der Waals surface area contributed by atoms with E-state index in [2.05, 4.69) is 12.6 Å². The fourth-order valence-electron chi connectivity index (χ4n) is 1.32. The van der Waals surface area contributed by atoms with Crippen molar-refractivity contribution in [2.24, 2.45) is 0 Å². The van der Waals surface area contributed by atoms with Gasteiger partial charge in [0.05, 0.1) is 5.25 Å². The van der Waals surface area contributed by atoms with Crippen molar-refractivity contribution in [1.82, 2.24) is 4.90 Å². The van der Waals surface area contributed by atoms with Crippen LogP contribution in [-0.4, -0.2) is 28.1 Å². The van der Waals surface area contributed by atoms with Gasteiger partial charge in [0.1, 0.15) is 0 Å². The molecule has 0 unspecified atom stereocenters. The maximum Gasteiger partial charge on any atom is 0.235 e. The van der Waals surface area contributed by atoms with Crippen molar-refractivity contribution in [1.29, 1.82) is 0 Å². The van der Waals surface area contributed by atoms with Crippen LogP contribution in [0.15, 0.2) is 0 Å². The van der Waals surface area contributed by atoms with Gasteiger partial charge in [0, 0.05) is 12.1 Å². The third kappa shape index (κ3) is 3.05. The Kier molecular flexibility index (Phi) is 4.68. The molecule has 0 saturated carbocycles. The summed E-state index contributed by atoms with van der Waals surface area (Å²) in [6.45, 7) is 9.90. The first-order valence-corrected chi connectivity index (χ1v) is 4.89. The van der Waals surface area contributed by atoms with Gasteiger partial charge in [0.2, 0.25) is 5.91 Å². The van der Waals surface area contributed by atoms with Gasteiger partial charge in [-0.2, -0.15) is 12.6 Å². The van der Waals surface area contributed by atoms with Gasteiger partial charge in [-0.25, -0.2) is 0 Å². The molecule has 0 aromatic carbocycles. The van der Waals surface area contributed by atoms with E-state index >= 15 is 0 Å². The zero-order valence-corrected chi connectivity index (χ0v) is 9.43. The maximum atomic E-state index is 11.6. The quantitative estimate of drug-likeness (QED) is 0.673. The van der Waals surface area contributed by atoms with Crippen molar-refractivity contribution < 1.29 is 4.79 Å². The Morgan fingerprint density at radius 3 is 1.50 bits per heavy atom. The van der Waals surface area contributed by atoms with Crippen molar-refractivity contribution in [3.8, 4) is 0 Å². The number of hydrogen-bond acceptors (Lipinski definition) is 2. The number of carbonyl (C=O) groups is 1. The molecule has 0 N–H and O–H groups in total. The molecule has 1 amide bonds. The van der Waals surface area contributed by atoms with E-state index in [1.165, 1.54) is 0 Å². The summed E-state index contributed by atoms with van der Waals surface area (Å²) in [5.41, 5.74) is 0. The van der Waals surface area contributed by atoms with Gasteiger partial charge in [-0.1, -0.05) is 0 Å². The van der Waals surface area contributed by atoms with Crippen LogP contribution in [0, 0.1) is 0 Å². The van der Waals surface area contributed by atoms with Gasteiger partial charge in [-0.15, -0.1) is 0 Å². The van der Waals surface area contributed by atoms with Gasteiger partial charge in [-0.05, 0) is 34.6 Å². The van der Waals surface area contributed by atoms with Gasteiger partial charge < -0.3 is 4.90 Å². The van der Waals surface area contributed by atoms with Crippen LogP contribution in [0.5, 0.6) is 0 Å². The zero-order valence-electron chi connectivity index (χ0n) is 8.53. The van der Waals surface area contributed by atoms with Crippen molar-refractivity contribution in [2.45, 2.75) is 52.0 Å². The Morgan fingerprint density at radius 2 is 1.42 bits per heavy atom. The van der Waals surface area contributed by atoms with Crippen LogP contribution in [0.25, 0.3) is 0 Å². The zero-order chi connectivity index (χ0) is 9.89. The van der Waals surface area contributed by atoms with E-state index in [0.717, 1.165) is 0 Å². The van der Waals surface area contributed by atoms with Gasteiger partial charge in [-0.3, -0.25) is 4.79 Å². The van der Waals surface area contributed by atoms with Gasteiger partial charge >= 0.3 is 0 Å². The first-order chi connectivity index (χ1) is 5.37. The van der Waals surface area contributed by atoms with E-state index in [1.807, 2.05) is 39.5 Å². The Labute approximate surface area is 80.7 Å². The largest absolute Gasteiger partial charge is 0.337 e. The number of nitrogens with zero attached hydrogens (tertiary/aromatic N) is 1. The highest BCUT2D eigenvalue weighted by molar-refractivity contribution is 7.81. The van der Waals surface area contributed by atoms with Crippen LogP contribution in [0.1, 0.15) is 34.6 Å². The lowest BCUT2D eigenvalue weighted by atomic mass is 10.2. The molecule has 2 nitrogen and oxygen atoms in total. The average molecular weight is 189 g/mol. The second kappa shape index (κ2) is 4.75. The smallest absolute Gasteiger partial charge is 0.235 e. The molecular weight excluding hydrogens is 170 g/mol. The molecule has 0 spiro atoms. The van der Waals surface area contributed by atoms with Crippen molar-refractivity contribution in [2.75, 3.05) is 0 Å². The monoisotopic (exact) mass is 189 g/mol. The van der Waals surface area contributed by atoms with E-state index in [-0.39, 0.29) is 23.2 Å². The molecule has 0 aliphatic rings. The topological polar surface area (TPSA) is 20.3 Å². The summed E-state index contributed by atoms with van der Waals surface area (Å²) in [4.78, 5) is 13.4. The number of carbonyl (C=O) groups excluding carboxylic acids is 1. The molecule has 0 rings (SSSR count). The third-order valence-corrected chi connectivity index (χ3v) is 1.95. The molecule has 0 aromatic heterocycles. The van der Waals surface area contributed by atoms with Gasteiger partial charge in [0.15, 0.2) is 0 Å². The highest BCUT2D eigenvalue weighted by Gasteiger charge is 2.22. The lowest BCUT2D eigenvalue weighted by Crippen LogP contribution is -2.45. The molecule has 1 atom stereocenters. The van der Waals surface area contributed by atoms with Crippen molar-refractivity contribution >= 4 is 18.5 Å². The lowest BCUT2D eigenvalue weighted by molar-refractivity contribution is -0.133. The van der Waals surface area contributed by atoms with E-state index in [1.54, 1.807) is 0 Å². The SMILES string of the molecule is CC(C)N(C(=O)[C@H](C)S)C(C)C. The predicted molar refractivity (Wildman–Crippen MR) is 55.6 cm³/mol. The standard InChI is InChI=1S/C9H19NOS/c1-6(2)10(7(3)4)9(11)8(5)12/h6-8,12H,1-5H3/t8-/m0/s1. The fraction of sp³-hybridized carbons (Fsp3) is 0.889. The van der Waals surface area contributed by atoms with E-state index in [0.29, 0.717) is 0 Å². The maximum absolute atomic E-state index is 11.6. The minimum Gasteiger partial charge on any atom is -0.337 e. The van der Waals surface area contributed by atoms with E-state index in [9.17, 15) is 4.79 Å². The van der Waals surface area contributed by atoms with Crippen LogP contribution in [0.3, 0.4) is 0 Å². The van der Waals surface area contributed by atoms with Crippen molar-refractivity contribution in [3.63, 3.8) is 0 Å². The average Bonchev–Trinajstić information content (AvgIpc) is 1.85. The summed E-state index contributed by atoms with van der Waals surface area (Å²) in [5, 5.41) is -0.199. The van der Waals surface area contributed by atoms with Gasteiger partial charge in [0.25, 0.3) is 0 Å². The number of rotatable bonds is 3. The number of amides is 1. The summed E-state index contributed by atoms with van der Waals surface area (Å²) in [6.07, 6.45) is 0. The molecular formula is C9H19NOS. The van der Waals surface area contributed by atoms with E-state index < -0.39 is 0 Å². The molecule has 0 heterocycles. The molecule has 72 valence electrons. The predicted octanol–water partition coefficient (Wildman–Crippen LogP) is 1.95. The molecule has 0 saturated heterocycles. The number of thiol groups is 1. The summed E-state index contributed by atoms with van der Waals surface area (Å²) < 4.78 is 0. The Morgan fingerprint density at radius 1 is 1.08 bits per heavy atom.